The minimum absolute atomic E-state index is 0.209. The van der Waals surface area contributed by atoms with Crippen LogP contribution in [0.1, 0.15) is 42.0 Å². The lowest BCUT2D eigenvalue weighted by atomic mass is 10.0. The average Bonchev–Trinajstić information content (AvgIpc) is 3.28. The molecule has 5 heteroatoms. The Morgan fingerprint density at radius 3 is 2.89 bits per heavy atom. The molecule has 1 aliphatic carbocycles. The molecule has 5 rings (SSSR count). The first-order valence-corrected chi connectivity index (χ1v) is 9.75. The lowest BCUT2D eigenvalue weighted by molar-refractivity contribution is 0.486. The van der Waals surface area contributed by atoms with E-state index in [0.717, 1.165) is 55.8 Å². The van der Waals surface area contributed by atoms with Crippen molar-refractivity contribution in [1.82, 2.24) is 9.55 Å². The maximum absolute atomic E-state index is 9.22. The van der Waals surface area contributed by atoms with E-state index in [-0.39, 0.29) is 12.1 Å². The van der Waals surface area contributed by atoms with E-state index in [2.05, 4.69) is 39.8 Å². The number of fused-ring (bicyclic) bond motifs is 2. The SMILES string of the molecule is N#Cc1ccc2c(c1)CC[C@@H]2n1c(N2CCC[C@H](N)C2)nc2ccccc21. The summed E-state index contributed by atoms with van der Waals surface area (Å²) in [6.07, 6.45) is 4.23. The molecule has 136 valence electrons. The Labute approximate surface area is 159 Å². The first-order valence-electron chi connectivity index (χ1n) is 9.75. The van der Waals surface area contributed by atoms with E-state index in [1.165, 1.54) is 16.6 Å². The molecule has 0 saturated carbocycles. The van der Waals surface area contributed by atoms with E-state index in [1.807, 2.05) is 18.2 Å². The number of para-hydroxylation sites is 2. The highest BCUT2D eigenvalue weighted by Gasteiger charge is 2.30. The zero-order valence-corrected chi connectivity index (χ0v) is 15.3. The second kappa shape index (κ2) is 6.40. The van der Waals surface area contributed by atoms with Crippen molar-refractivity contribution < 1.29 is 0 Å². The molecule has 3 aromatic rings. The van der Waals surface area contributed by atoms with E-state index in [1.54, 1.807) is 0 Å². The number of anilines is 1. The summed E-state index contributed by atoms with van der Waals surface area (Å²) in [5, 5.41) is 9.22. The largest absolute Gasteiger partial charge is 0.341 e. The third-order valence-electron chi connectivity index (χ3n) is 5.95. The highest BCUT2D eigenvalue weighted by molar-refractivity contribution is 5.79. The zero-order chi connectivity index (χ0) is 18.4. The Bertz CT molecular complexity index is 1040. The number of nitrogens with two attached hydrogens (primary N) is 1. The summed E-state index contributed by atoms with van der Waals surface area (Å²) in [7, 11) is 0. The van der Waals surface area contributed by atoms with E-state index in [9.17, 15) is 5.26 Å². The number of nitrogens with zero attached hydrogens (tertiary/aromatic N) is 4. The second-order valence-corrected chi connectivity index (χ2v) is 7.70. The van der Waals surface area contributed by atoms with Crippen LogP contribution in [0.4, 0.5) is 5.95 Å². The summed E-state index contributed by atoms with van der Waals surface area (Å²) in [6.45, 7) is 1.86. The number of hydrogen-bond acceptors (Lipinski definition) is 4. The summed E-state index contributed by atoms with van der Waals surface area (Å²) in [4.78, 5) is 7.36. The number of aryl methyl sites for hydroxylation is 1. The Hall–Kier alpha value is -2.84. The Morgan fingerprint density at radius 2 is 2.04 bits per heavy atom. The van der Waals surface area contributed by atoms with Crippen LogP contribution < -0.4 is 10.6 Å². The standard InChI is InChI=1S/C22H23N5/c23-13-15-7-9-18-16(12-15)8-10-20(18)27-21-6-2-1-5-19(21)25-22(27)26-11-3-4-17(24)14-26/h1-2,5-7,9,12,17,20H,3-4,8,10-11,14,24H2/t17-,20-/m0/s1. The van der Waals surface area contributed by atoms with Gasteiger partial charge >= 0.3 is 0 Å². The lowest BCUT2D eigenvalue weighted by Gasteiger charge is -2.33. The van der Waals surface area contributed by atoms with Gasteiger partial charge in [-0.3, -0.25) is 0 Å². The highest BCUT2D eigenvalue weighted by Crippen LogP contribution is 2.40. The molecule has 0 unspecified atom stereocenters. The van der Waals surface area contributed by atoms with Crippen LogP contribution >= 0.6 is 0 Å². The molecule has 1 fully saturated rings. The van der Waals surface area contributed by atoms with Crippen LogP contribution in [0.25, 0.3) is 11.0 Å². The van der Waals surface area contributed by atoms with Crippen LogP contribution in [0, 0.1) is 11.3 Å². The molecule has 0 spiro atoms. The summed E-state index contributed by atoms with van der Waals surface area (Å²) in [5.41, 5.74) is 11.8. The fourth-order valence-corrected chi connectivity index (χ4v) is 4.69. The quantitative estimate of drug-likeness (QED) is 0.763. The molecule has 1 aromatic heterocycles. The molecule has 5 nitrogen and oxygen atoms in total. The molecule has 0 bridgehead atoms. The number of aromatic nitrogens is 2. The molecular formula is C22H23N5. The number of imidazole rings is 1. The molecule has 0 amide bonds. The van der Waals surface area contributed by atoms with Crippen molar-refractivity contribution in [3.63, 3.8) is 0 Å². The molecule has 1 saturated heterocycles. The minimum Gasteiger partial charge on any atom is -0.341 e. The van der Waals surface area contributed by atoms with E-state index in [0.29, 0.717) is 0 Å². The molecule has 2 atom stereocenters. The smallest absolute Gasteiger partial charge is 0.207 e. The van der Waals surface area contributed by atoms with Crippen molar-refractivity contribution in [2.45, 2.75) is 37.8 Å². The maximum atomic E-state index is 9.22. The van der Waals surface area contributed by atoms with Gasteiger partial charge in [0.2, 0.25) is 5.95 Å². The van der Waals surface area contributed by atoms with Crippen LogP contribution in [-0.4, -0.2) is 28.7 Å². The lowest BCUT2D eigenvalue weighted by Crippen LogP contribution is -2.44. The Kier molecular flexibility index (Phi) is 3.87. The number of rotatable bonds is 2. The van der Waals surface area contributed by atoms with Crippen LogP contribution in [-0.2, 0) is 6.42 Å². The second-order valence-electron chi connectivity index (χ2n) is 7.70. The molecule has 1 aliphatic heterocycles. The van der Waals surface area contributed by atoms with E-state index < -0.39 is 0 Å². The van der Waals surface area contributed by atoms with Gasteiger partial charge in [0, 0.05) is 19.1 Å². The minimum atomic E-state index is 0.209. The summed E-state index contributed by atoms with van der Waals surface area (Å²) < 4.78 is 2.41. The van der Waals surface area contributed by atoms with Gasteiger partial charge < -0.3 is 15.2 Å². The summed E-state index contributed by atoms with van der Waals surface area (Å²) in [6, 6.07) is 17.2. The van der Waals surface area contributed by atoms with E-state index in [4.69, 9.17) is 10.7 Å². The summed E-state index contributed by atoms with van der Waals surface area (Å²) in [5.74, 6) is 1.04. The number of piperidine rings is 1. The van der Waals surface area contributed by atoms with Gasteiger partial charge in [-0.15, -0.1) is 0 Å². The number of nitriles is 1. The molecular weight excluding hydrogens is 334 g/mol. The Balaban J connectivity index is 1.65. The first-order chi connectivity index (χ1) is 13.2. The van der Waals surface area contributed by atoms with Crippen molar-refractivity contribution in [2.24, 2.45) is 5.73 Å². The average molecular weight is 357 g/mol. The summed E-state index contributed by atoms with van der Waals surface area (Å²) >= 11 is 0. The van der Waals surface area contributed by atoms with Gasteiger partial charge in [-0.2, -0.15) is 5.26 Å². The fourth-order valence-electron chi connectivity index (χ4n) is 4.69. The normalized spacial score (nSPS) is 22.0. The van der Waals surface area contributed by atoms with Crippen LogP contribution in [0.15, 0.2) is 42.5 Å². The van der Waals surface area contributed by atoms with Crippen LogP contribution in [0.2, 0.25) is 0 Å². The topological polar surface area (TPSA) is 70.9 Å². The van der Waals surface area contributed by atoms with Crippen molar-refractivity contribution in [1.29, 1.82) is 5.26 Å². The zero-order valence-electron chi connectivity index (χ0n) is 15.3. The fraction of sp³-hybridized carbons (Fsp3) is 0.364. The van der Waals surface area contributed by atoms with Crippen molar-refractivity contribution in [3.8, 4) is 6.07 Å². The molecule has 2 N–H and O–H groups in total. The molecule has 27 heavy (non-hydrogen) atoms. The molecule has 2 aliphatic rings. The predicted octanol–water partition coefficient (Wildman–Crippen LogP) is 3.37. The van der Waals surface area contributed by atoms with Gasteiger partial charge in [0.25, 0.3) is 0 Å². The first kappa shape index (κ1) is 16.3. The van der Waals surface area contributed by atoms with Gasteiger partial charge in [0.05, 0.1) is 28.7 Å². The Morgan fingerprint density at radius 1 is 1.15 bits per heavy atom. The van der Waals surface area contributed by atoms with Gasteiger partial charge in [0.1, 0.15) is 0 Å². The molecule has 2 aromatic carbocycles. The van der Waals surface area contributed by atoms with Gasteiger partial charge in [-0.25, -0.2) is 4.98 Å². The van der Waals surface area contributed by atoms with Crippen molar-refractivity contribution in [3.05, 3.63) is 59.2 Å². The van der Waals surface area contributed by atoms with Crippen molar-refractivity contribution in [2.75, 3.05) is 18.0 Å². The molecule has 0 radical (unpaired) electrons. The van der Waals surface area contributed by atoms with Crippen molar-refractivity contribution >= 4 is 17.0 Å². The van der Waals surface area contributed by atoms with E-state index >= 15 is 0 Å². The molecule has 2 heterocycles. The van der Waals surface area contributed by atoms with Crippen LogP contribution in [0.3, 0.4) is 0 Å². The van der Waals surface area contributed by atoms with Gasteiger partial charge in [-0.1, -0.05) is 18.2 Å². The monoisotopic (exact) mass is 357 g/mol. The number of hydrogen-bond donors (Lipinski definition) is 1. The maximum Gasteiger partial charge on any atom is 0.207 e. The highest BCUT2D eigenvalue weighted by atomic mass is 15.3. The third-order valence-corrected chi connectivity index (χ3v) is 5.95. The van der Waals surface area contributed by atoms with Gasteiger partial charge in [-0.05, 0) is 61.1 Å². The number of benzene rings is 2. The predicted molar refractivity (Wildman–Crippen MR) is 107 cm³/mol. The van der Waals surface area contributed by atoms with Crippen LogP contribution in [0.5, 0.6) is 0 Å². The van der Waals surface area contributed by atoms with Gasteiger partial charge in [0.15, 0.2) is 0 Å². The third kappa shape index (κ3) is 2.68.